The van der Waals surface area contributed by atoms with E-state index in [4.69, 9.17) is 4.74 Å². The molecule has 0 radical (unpaired) electrons. The van der Waals surface area contributed by atoms with Crippen LogP contribution in [0.3, 0.4) is 0 Å². The van der Waals surface area contributed by atoms with Gasteiger partial charge in [-0.3, -0.25) is 0 Å². The molecule has 6 heteroatoms. The van der Waals surface area contributed by atoms with E-state index in [-0.39, 0.29) is 12.4 Å². The van der Waals surface area contributed by atoms with Crippen LogP contribution in [0.1, 0.15) is 12.8 Å². The van der Waals surface area contributed by atoms with E-state index in [1.165, 1.54) is 7.11 Å². The fraction of sp³-hybridized carbons (Fsp3) is 1.00. The summed E-state index contributed by atoms with van der Waals surface area (Å²) in [6.07, 6.45) is 2.07. The van der Waals surface area contributed by atoms with Crippen molar-refractivity contribution < 1.29 is 13.2 Å². The lowest BCUT2D eigenvalue weighted by Crippen LogP contribution is -2.30. The summed E-state index contributed by atoms with van der Waals surface area (Å²) in [5.41, 5.74) is 0. The van der Waals surface area contributed by atoms with Crippen LogP contribution in [-0.4, -0.2) is 47.5 Å². The molecule has 0 aromatic carbocycles. The van der Waals surface area contributed by atoms with Crippen molar-refractivity contribution >= 4 is 10.0 Å². The van der Waals surface area contributed by atoms with Crippen LogP contribution < -0.4 is 10.0 Å². The van der Waals surface area contributed by atoms with E-state index in [1.807, 2.05) is 0 Å². The van der Waals surface area contributed by atoms with Crippen molar-refractivity contribution in [1.82, 2.24) is 10.0 Å². The molecule has 1 saturated heterocycles. The number of hydrogen-bond donors (Lipinski definition) is 2. The highest BCUT2D eigenvalue weighted by atomic mass is 32.2. The molecule has 90 valence electrons. The molecule has 0 aromatic heterocycles. The van der Waals surface area contributed by atoms with Gasteiger partial charge in [-0.05, 0) is 31.8 Å². The summed E-state index contributed by atoms with van der Waals surface area (Å²) in [6, 6.07) is 0. The highest BCUT2D eigenvalue weighted by molar-refractivity contribution is 7.89. The lowest BCUT2D eigenvalue weighted by molar-refractivity contribution is 0.217. The molecular formula is C9H20N2O3S. The average molecular weight is 236 g/mol. The number of hydrogen-bond acceptors (Lipinski definition) is 4. The number of ether oxygens (including phenoxy) is 1. The van der Waals surface area contributed by atoms with Crippen molar-refractivity contribution in [2.75, 3.05) is 39.1 Å². The van der Waals surface area contributed by atoms with Crippen LogP contribution >= 0.6 is 0 Å². The van der Waals surface area contributed by atoms with Crippen LogP contribution in [0, 0.1) is 5.92 Å². The second kappa shape index (κ2) is 6.42. The molecule has 0 aliphatic carbocycles. The third-order valence-corrected chi connectivity index (χ3v) is 3.94. The highest BCUT2D eigenvalue weighted by Crippen LogP contribution is 2.10. The van der Waals surface area contributed by atoms with Gasteiger partial charge in [0.05, 0.1) is 12.4 Å². The van der Waals surface area contributed by atoms with Crippen LogP contribution in [0.5, 0.6) is 0 Å². The van der Waals surface area contributed by atoms with Gasteiger partial charge in [0, 0.05) is 13.7 Å². The minimum Gasteiger partial charge on any atom is -0.384 e. The van der Waals surface area contributed by atoms with Crippen LogP contribution in [-0.2, 0) is 14.8 Å². The van der Waals surface area contributed by atoms with E-state index in [0.29, 0.717) is 12.5 Å². The van der Waals surface area contributed by atoms with Gasteiger partial charge in [0.1, 0.15) is 0 Å². The summed E-state index contributed by atoms with van der Waals surface area (Å²) in [4.78, 5) is 0. The van der Waals surface area contributed by atoms with Crippen molar-refractivity contribution in [3.05, 3.63) is 0 Å². The van der Waals surface area contributed by atoms with Gasteiger partial charge in [0.25, 0.3) is 0 Å². The second-order valence-electron chi connectivity index (χ2n) is 3.85. The Balaban J connectivity index is 2.12. The van der Waals surface area contributed by atoms with Gasteiger partial charge in [0.2, 0.25) is 10.0 Å². The molecule has 1 aliphatic rings. The van der Waals surface area contributed by atoms with Gasteiger partial charge >= 0.3 is 0 Å². The lowest BCUT2D eigenvalue weighted by atomic mass is 10.1. The van der Waals surface area contributed by atoms with E-state index in [1.54, 1.807) is 0 Å². The van der Waals surface area contributed by atoms with E-state index in [2.05, 4.69) is 10.0 Å². The van der Waals surface area contributed by atoms with Crippen molar-refractivity contribution in [2.24, 2.45) is 5.92 Å². The molecule has 1 heterocycles. The molecule has 1 atom stereocenters. The summed E-state index contributed by atoms with van der Waals surface area (Å²) in [5, 5.41) is 3.26. The first-order valence-electron chi connectivity index (χ1n) is 5.31. The lowest BCUT2D eigenvalue weighted by Gasteiger charge is -2.09. The Kier molecular flexibility index (Phi) is 5.52. The minimum absolute atomic E-state index is 0.0480. The van der Waals surface area contributed by atoms with Gasteiger partial charge in [-0.1, -0.05) is 0 Å². The van der Waals surface area contributed by atoms with E-state index in [9.17, 15) is 8.42 Å². The Bertz CT molecular complexity index is 261. The zero-order chi connectivity index (χ0) is 11.1. The van der Waals surface area contributed by atoms with Gasteiger partial charge in [-0.15, -0.1) is 0 Å². The van der Waals surface area contributed by atoms with Gasteiger partial charge in [-0.2, -0.15) is 0 Å². The predicted octanol–water partition coefficient (Wildman–Crippen LogP) is -0.448. The van der Waals surface area contributed by atoms with Crippen molar-refractivity contribution in [3.63, 3.8) is 0 Å². The molecule has 1 aliphatic heterocycles. The Morgan fingerprint density at radius 2 is 2.33 bits per heavy atom. The largest absolute Gasteiger partial charge is 0.384 e. The topological polar surface area (TPSA) is 67.4 Å². The fourth-order valence-corrected chi connectivity index (χ4v) is 2.60. The monoisotopic (exact) mass is 236 g/mol. The zero-order valence-corrected chi connectivity index (χ0v) is 9.98. The first-order valence-corrected chi connectivity index (χ1v) is 6.96. The maximum absolute atomic E-state index is 11.4. The molecule has 1 fully saturated rings. The molecule has 0 spiro atoms. The Morgan fingerprint density at radius 1 is 1.53 bits per heavy atom. The SMILES string of the molecule is COCCS(=O)(=O)NCCC1CCNC1. The number of nitrogens with one attached hydrogen (secondary N) is 2. The normalized spacial score (nSPS) is 22.1. The highest BCUT2D eigenvalue weighted by Gasteiger charge is 2.15. The average Bonchev–Trinajstić information content (AvgIpc) is 2.67. The molecule has 15 heavy (non-hydrogen) atoms. The molecule has 0 aromatic rings. The summed E-state index contributed by atoms with van der Waals surface area (Å²) in [7, 11) is -1.63. The minimum atomic E-state index is -3.13. The molecule has 2 N–H and O–H groups in total. The maximum Gasteiger partial charge on any atom is 0.213 e. The van der Waals surface area contributed by atoms with Crippen LogP contribution in [0.25, 0.3) is 0 Å². The van der Waals surface area contributed by atoms with Gasteiger partial charge in [-0.25, -0.2) is 13.1 Å². The quantitative estimate of drug-likeness (QED) is 0.628. The Morgan fingerprint density at radius 3 is 2.93 bits per heavy atom. The summed E-state index contributed by atoms with van der Waals surface area (Å²) in [6.45, 7) is 2.86. The number of rotatable bonds is 7. The summed E-state index contributed by atoms with van der Waals surface area (Å²) >= 11 is 0. The standard InChI is InChI=1S/C9H20N2O3S/c1-14-6-7-15(12,13)11-5-3-9-2-4-10-8-9/h9-11H,2-8H2,1H3. The zero-order valence-electron chi connectivity index (χ0n) is 9.16. The Labute approximate surface area is 91.6 Å². The molecule has 5 nitrogen and oxygen atoms in total. The van der Waals surface area contributed by atoms with Crippen LogP contribution in [0.4, 0.5) is 0 Å². The number of methoxy groups -OCH3 is 1. The van der Waals surface area contributed by atoms with Crippen molar-refractivity contribution in [1.29, 1.82) is 0 Å². The van der Waals surface area contributed by atoms with Crippen molar-refractivity contribution in [2.45, 2.75) is 12.8 Å². The Hall–Kier alpha value is -0.170. The molecule has 0 bridgehead atoms. The molecule has 1 rings (SSSR count). The molecule has 0 saturated carbocycles. The first kappa shape index (κ1) is 12.9. The fourth-order valence-electron chi connectivity index (χ4n) is 1.64. The predicted molar refractivity (Wildman–Crippen MR) is 59.3 cm³/mol. The second-order valence-corrected chi connectivity index (χ2v) is 5.78. The van der Waals surface area contributed by atoms with E-state index >= 15 is 0 Å². The smallest absolute Gasteiger partial charge is 0.213 e. The first-order chi connectivity index (χ1) is 7.14. The molecular weight excluding hydrogens is 216 g/mol. The molecule has 1 unspecified atom stereocenters. The van der Waals surface area contributed by atoms with Crippen LogP contribution in [0.15, 0.2) is 0 Å². The molecule has 0 amide bonds. The van der Waals surface area contributed by atoms with Gasteiger partial charge < -0.3 is 10.1 Å². The van der Waals surface area contributed by atoms with E-state index in [0.717, 1.165) is 25.9 Å². The van der Waals surface area contributed by atoms with E-state index < -0.39 is 10.0 Å². The third kappa shape index (κ3) is 5.46. The summed E-state index contributed by atoms with van der Waals surface area (Å²) < 4.78 is 30.0. The van der Waals surface area contributed by atoms with Crippen molar-refractivity contribution in [3.8, 4) is 0 Å². The third-order valence-electron chi connectivity index (χ3n) is 2.59. The summed E-state index contributed by atoms with van der Waals surface area (Å²) in [5.74, 6) is 0.669. The maximum atomic E-state index is 11.4. The van der Waals surface area contributed by atoms with Crippen LogP contribution in [0.2, 0.25) is 0 Å². The van der Waals surface area contributed by atoms with Gasteiger partial charge in [0.15, 0.2) is 0 Å². The number of sulfonamides is 1.